The summed E-state index contributed by atoms with van der Waals surface area (Å²) in [7, 11) is 0. The van der Waals surface area contributed by atoms with E-state index >= 15 is 0 Å². The minimum Gasteiger partial charge on any atom is -0.466 e. The first-order valence-electron chi connectivity index (χ1n) is 27.8. The summed E-state index contributed by atoms with van der Waals surface area (Å²) >= 11 is 0. The summed E-state index contributed by atoms with van der Waals surface area (Å²) < 4.78 is 5.45. The molecule has 6 nitrogen and oxygen atoms in total. The van der Waals surface area contributed by atoms with Gasteiger partial charge in [0.1, 0.15) is 0 Å². The summed E-state index contributed by atoms with van der Waals surface area (Å²) in [4.78, 5) is 24.5. The van der Waals surface area contributed by atoms with E-state index in [9.17, 15) is 19.8 Å². The fraction of sp³-hybridized carbons (Fsp3) is 0.964. The van der Waals surface area contributed by atoms with E-state index in [1.165, 1.54) is 231 Å². The van der Waals surface area contributed by atoms with E-state index in [0.29, 0.717) is 25.9 Å². The number of aliphatic hydroxyl groups is 2. The van der Waals surface area contributed by atoms with Crippen LogP contribution in [0.1, 0.15) is 316 Å². The van der Waals surface area contributed by atoms with Crippen LogP contribution in [0.25, 0.3) is 0 Å². The number of esters is 1. The monoisotopic (exact) mass is 864 g/mol. The Morgan fingerprint density at radius 3 is 1.00 bits per heavy atom. The molecule has 0 aliphatic carbocycles. The van der Waals surface area contributed by atoms with Crippen LogP contribution >= 0.6 is 0 Å². The highest BCUT2D eigenvalue weighted by atomic mass is 16.5. The zero-order valence-electron chi connectivity index (χ0n) is 41.4. The van der Waals surface area contributed by atoms with Gasteiger partial charge in [0.2, 0.25) is 5.91 Å². The van der Waals surface area contributed by atoms with Crippen molar-refractivity contribution in [3.05, 3.63) is 0 Å². The Bertz CT molecular complexity index is 867. The van der Waals surface area contributed by atoms with Crippen molar-refractivity contribution in [3.8, 4) is 0 Å². The topological polar surface area (TPSA) is 95.9 Å². The van der Waals surface area contributed by atoms with Crippen LogP contribution in [-0.2, 0) is 14.3 Å². The molecule has 0 aliphatic heterocycles. The lowest BCUT2D eigenvalue weighted by atomic mass is 10.0. The minimum absolute atomic E-state index is 0.00462. The van der Waals surface area contributed by atoms with E-state index in [2.05, 4.69) is 19.2 Å². The molecule has 3 N–H and O–H groups in total. The van der Waals surface area contributed by atoms with Crippen LogP contribution < -0.4 is 5.32 Å². The van der Waals surface area contributed by atoms with Gasteiger partial charge in [-0.25, -0.2) is 0 Å². The van der Waals surface area contributed by atoms with E-state index in [-0.39, 0.29) is 18.5 Å². The maximum absolute atomic E-state index is 12.5. The van der Waals surface area contributed by atoms with Crippen molar-refractivity contribution in [1.29, 1.82) is 0 Å². The van der Waals surface area contributed by atoms with Gasteiger partial charge >= 0.3 is 5.97 Å². The number of rotatable bonds is 52. The van der Waals surface area contributed by atoms with Crippen molar-refractivity contribution < 1.29 is 24.5 Å². The number of amides is 1. The Labute approximate surface area is 381 Å². The lowest BCUT2D eigenvalue weighted by Crippen LogP contribution is -2.45. The second-order valence-corrected chi connectivity index (χ2v) is 19.3. The Hall–Kier alpha value is -1.14. The molecule has 0 aromatic heterocycles. The average molecular weight is 864 g/mol. The molecule has 1 amide bonds. The normalized spacial score (nSPS) is 12.5. The van der Waals surface area contributed by atoms with Crippen molar-refractivity contribution in [2.45, 2.75) is 328 Å². The van der Waals surface area contributed by atoms with E-state index in [1.54, 1.807) is 0 Å². The molecule has 6 heteroatoms. The Morgan fingerprint density at radius 2 is 0.672 bits per heavy atom. The third-order valence-corrected chi connectivity index (χ3v) is 13.2. The van der Waals surface area contributed by atoms with Crippen LogP contribution in [0.15, 0.2) is 0 Å². The Kier molecular flexibility index (Phi) is 50.5. The predicted octanol–water partition coefficient (Wildman–Crippen LogP) is 16.7. The summed E-state index contributed by atoms with van der Waals surface area (Å²) in [5.74, 6) is -0.0487. The fourth-order valence-corrected chi connectivity index (χ4v) is 8.88. The highest BCUT2D eigenvalue weighted by Crippen LogP contribution is 2.18. The predicted molar refractivity (Wildman–Crippen MR) is 264 cm³/mol. The van der Waals surface area contributed by atoms with Gasteiger partial charge in [0.25, 0.3) is 0 Å². The SMILES string of the molecule is CCCCCCCCCCCCCCCCCCCCCCC(O)C(CO)NC(=O)CCCCCCCCCCCCCCCOC(=O)CCCCCCCCCCCCC. The summed E-state index contributed by atoms with van der Waals surface area (Å²) in [6, 6.07) is -0.550. The molecule has 364 valence electrons. The molecule has 0 rings (SSSR count). The standard InChI is InChI=1S/C55H109NO5/c1-3-5-7-9-11-13-15-16-17-18-19-20-21-22-24-28-31-35-39-43-47-53(58)52(51-57)56-54(59)48-44-40-36-32-29-25-23-26-30-34-38-42-46-50-61-55(60)49-45-41-37-33-27-14-12-10-8-6-4-2/h52-53,57-58H,3-51H2,1-2H3,(H,56,59). The summed E-state index contributed by atoms with van der Waals surface area (Å²) in [5.41, 5.74) is 0. The first-order chi connectivity index (χ1) is 30.0. The van der Waals surface area contributed by atoms with E-state index in [4.69, 9.17) is 4.74 Å². The van der Waals surface area contributed by atoms with E-state index < -0.39 is 12.1 Å². The molecule has 0 aromatic rings. The number of unbranched alkanes of at least 4 members (excludes halogenated alkanes) is 41. The highest BCUT2D eigenvalue weighted by molar-refractivity contribution is 5.76. The molecule has 0 spiro atoms. The third kappa shape index (κ3) is 48.2. The third-order valence-electron chi connectivity index (χ3n) is 13.2. The van der Waals surface area contributed by atoms with Gasteiger partial charge in [-0.3, -0.25) is 9.59 Å². The summed E-state index contributed by atoms with van der Waals surface area (Å²) in [6.07, 6.45) is 57.9. The molecule has 0 aliphatic rings. The average Bonchev–Trinajstić information content (AvgIpc) is 3.26. The quantitative estimate of drug-likeness (QED) is 0.0418. The smallest absolute Gasteiger partial charge is 0.305 e. The second-order valence-electron chi connectivity index (χ2n) is 19.3. The van der Waals surface area contributed by atoms with E-state index in [0.717, 1.165) is 51.4 Å². The van der Waals surface area contributed by atoms with Crippen LogP contribution in [0.5, 0.6) is 0 Å². The van der Waals surface area contributed by atoms with Gasteiger partial charge in [0, 0.05) is 12.8 Å². The van der Waals surface area contributed by atoms with Crippen molar-refractivity contribution in [1.82, 2.24) is 5.32 Å². The molecule has 0 saturated carbocycles. The molecule has 0 fully saturated rings. The molecular formula is C55H109NO5. The van der Waals surface area contributed by atoms with Crippen molar-refractivity contribution in [3.63, 3.8) is 0 Å². The number of carbonyl (C=O) groups is 2. The second kappa shape index (κ2) is 51.5. The zero-order valence-corrected chi connectivity index (χ0v) is 41.4. The molecule has 0 aromatic carbocycles. The number of carbonyl (C=O) groups excluding carboxylic acids is 2. The number of nitrogens with one attached hydrogen (secondary N) is 1. The van der Waals surface area contributed by atoms with Crippen LogP contribution in [0, 0.1) is 0 Å². The summed E-state index contributed by atoms with van der Waals surface area (Å²) in [5, 5.41) is 23.3. The molecule has 0 saturated heterocycles. The fourth-order valence-electron chi connectivity index (χ4n) is 8.88. The van der Waals surface area contributed by atoms with Crippen LogP contribution in [0.2, 0.25) is 0 Å². The lowest BCUT2D eigenvalue weighted by molar-refractivity contribution is -0.143. The van der Waals surface area contributed by atoms with Crippen molar-refractivity contribution >= 4 is 11.9 Å². The van der Waals surface area contributed by atoms with Gasteiger partial charge in [-0.2, -0.15) is 0 Å². The maximum Gasteiger partial charge on any atom is 0.305 e. The van der Waals surface area contributed by atoms with E-state index in [1.807, 2.05) is 0 Å². The van der Waals surface area contributed by atoms with Gasteiger partial charge in [0.15, 0.2) is 0 Å². The molecule has 0 radical (unpaired) electrons. The largest absolute Gasteiger partial charge is 0.466 e. The van der Waals surface area contributed by atoms with Crippen molar-refractivity contribution in [2.24, 2.45) is 0 Å². The molecular weight excluding hydrogens is 755 g/mol. The molecule has 61 heavy (non-hydrogen) atoms. The van der Waals surface area contributed by atoms with Crippen LogP contribution in [0.4, 0.5) is 0 Å². The Balaban J connectivity index is 3.44. The number of hydrogen-bond acceptors (Lipinski definition) is 5. The van der Waals surface area contributed by atoms with Gasteiger partial charge < -0.3 is 20.3 Å². The highest BCUT2D eigenvalue weighted by Gasteiger charge is 2.20. The summed E-state index contributed by atoms with van der Waals surface area (Å²) in [6.45, 7) is 4.94. The number of aliphatic hydroxyl groups excluding tert-OH is 2. The van der Waals surface area contributed by atoms with Gasteiger partial charge in [-0.15, -0.1) is 0 Å². The minimum atomic E-state index is -0.672. The molecule has 2 atom stereocenters. The maximum atomic E-state index is 12.5. The Morgan fingerprint density at radius 1 is 0.393 bits per heavy atom. The van der Waals surface area contributed by atoms with Gasteiger partial charge in [-0.1, -0.05) is 277 Å². The first-order valence-corrected chi connectivity index (χ1v) is 27.8. The van der Waals surface area contributed by atoms with Crippen LogP contribution in [0.3, 0.4) is 0 Å². The van der Waals surface area contributed by atoms with Crippen LogP contribution in [-0.4, -0.2) is 47.4 Å². The van der Waals surface area contributed by atoms with Gasteiger partial charge in [0.05, 0.1) is 25.4 Å². The molecule has 0 heterocycles. The van der Waals surface area contributed by atoms with Gasteiger partial charge in [-0.05, 0) is 25.7 Å². The number of ether oxygens (including phenoxy) is 1. The van der Waals surface area contributed by atoms with Crippen molar-refractivity contribution in [2.75, 3.05) is 13.2 Å². The number of hydrogen-bond donors (Lipinski definition) is 3. The first kappa shape index (κ1) is 59.9. The lowest BCUT2D eigenvalue weighted by Gasteiger charge is -2.22. The molecule has 2 unspecified atom stereocenters. The zero-order chi connectivity index (χ0) is 44.4. The molecule has 0 bridgehead atoms.